The van der Waals surface area contributed by atoms with Gasteiger partial charge in [0.25, 0.3) is 0 Å². The van der Waals surface area contributed by atoms with Gasteiger partial charge in [0.2, 0.25) is 5.95 Å². The van der Waals surface area contributed by atoms with Crippen molar-refractivity contribution in [3.8, 4) is 0 Å². The normalized spacial score (nSPS) is 10.7. The van der Waals surface area contributed by atoms with Crippen LogP contribution in [-0.4, -0.2) is 14.7 Å². The van der Waals surface area contributed by atoms with Crippen LogP contribution >= 0.6 is 23.8 Å². The summed E-state index contributed by atoms with van der Waals surface area (Å²) < 4.78 is 2.12. The van der Waals surface area contributed by atoms with Crippen LogP contribution in [0.25, 0.3) is 11.0 Å². The largest absolute Gasteiger partial charge is 0.332 e. The molecule has 0 saturated carbocycles. The molecule has 27 heavy (non-hydrogen) atoms. The minimum atomic E-state index is 0.460. The minimum absolute atomic E-state index is 0.460. The molecule has 0 aliphatic heterocycles. The Hall–Kier alpha value is -2.89. The highest BCUT2D eigenvalue weighted by Crippen LogP contribution is 2.22. The van der Waals surface area contributed by atoms with Crippen molar-refractivity contribution in [2.24, 2.45) is 0 Å². The lowest BCUT2D eigenvalue weighted by Crippen LogP contribution is -2.21. The van der Waals surface area contributed by atoms with Crippen LogP contribution in [0, 0.1) is 0 Å². The number of thiocarbonyl (C=S) groups is 1. The van der Waals surface area contributed by atoms with Gasteiger partial charge < -0.3 is 15.2 Å². The summed E-state index contributed by atoms with van der Waals surface area (Å²) in [6, 6.07) is 25.8. The molecular formula is C21H17ClN4S. The number of hydrogen-bond donors (Lipinski definition) is 2. The van der Waals surface area contributed by atoms with Crippen molar-refractivity contribution in [1.29, 1.82) is 0 Å². The SMILES string of the molecule is S=C(Nc1cccc(Cl)c1)Nc1nc2ccccc2n1Cc1ccccc1. The third kappa shape index (κ3) is 4.10. The van der Waals surface area contributed by atoms with E-state index in [9.17, 15) is 0 Å². The fraction of sp³-hybridized carbons (Fsp3) is 0.0476. The van der Waals surface area contributed by atoms with E-state index in [1.807, 2.05) is 60.7 Å². The highest BCUT2D eigenvalue weighted by atomic mass is 35.5. The van der Waals surface area contributed by atoms with Crippen LogP contribution in [-0.2, 0) is 6.54 Å². The van der Waals surface area contributed by atoms with Crippen molar-refractivity contribution in [1.82, 2.24) is 9.55 Å². The fourth-order valence-electron chi connectivity index (χ4n) is 2.93. The van der Waals surface area contributed by atoms with Gasteiger partial charge in [-0.1, -0.05) is 60.1 Å². The molecule has 4 nitrogen and oxygen atoms in total. The molecule has 0 saturated heterocycles. The van der Waals surface area contributed by atoms with Crippen molar-refractivity contribution in [2.75, 3.05) is 10.6 Å². The number of nitrogens with zero attached hydrogens (tertiary/aromatic N) is 2. The number of nitrogens with one attached hydrogen (secondary N) is 2. The van der Waals surface area contributed by atoms with Crippen molar-refractivity contribution < 1.29 is 0 Å². The van der Waals surface area contributed by atoms with Gasteiger partial charge in [-0.2, -0.15) is 0 Å². The predicted octanol–water partition coefficient (Wildman–Crippen LogP) is 5.55. The Morgan fingerprint density at radius 1 is 0.926 bits per heavy atom. The highest BCUT2D eigenvalue weighted by molar-refractivity contribution is 7.80. The molecule has 0 atom stereocenters. The van der Waals surface area contributed by atoms with Crippen LogP contribution in [0.15, 0.2) is 78.9 Å². The van der Waals surface area contributed by atoms with Gasteiger partial charge in [0.15, 0.2) is 5.11 Å². The first-order valence-electron chi connectivity index (χ1n) is 8.52. The molecule has 134 valence electrons. The predicted molar refractivity (Wildman–Crippen MR) is 117 cm³/mol. The number of halogens is 1. The second kappa shape index (κ2) is 7.78. The molecule has 1 aromatic heterocycles. The first-order chi connectivity index (χ1) is 13.2. The maximum Gasteiger partial charge on any atom is 0.210 e. The molecule has 3 aromatic carbocycles. The zero-order valence-corrected chi connectivity index (χ0v) is 16.0. The topological polar surface area (TPSA) is 41.9 Å². The van der Waals surface area contributed by atoms with Crippen molar-refractivity contribution in [3.63, 3.8) is 0 Å². The summed E-state index contributed by atoms with van der Waals surface area (Å²) in [5.41, 5.74) is 3.99. The summed E-state index contributed by atoms with van der Waals surface area (Å²) >= 11 is 11.5. The van der Waals surface area contributed by atoms with Crippen molar-refractivity contribution in [3.05, 3.63) is 89.4 Å². The van der Waals surface area contributed by atoms with Crippen LogP contribution in [0.4, 0.5) is 11.6 Å². The zero-order valence-electron chi connectivity index (χ0n) is 14.4. The summed E-state index contributed by atoms with van der Waals surface area (Å²) in [6.07, 6.45) is 0. The van der Waals surface area contributed by atoms with Crippen LogP contribution in [0.1, 0.15) is 5.56 Å². The van der Waals surface area contributed by atoms with Gasteiger partial charge in [0.05, 0.1) is 17.6 Å². The summed E-state index contributed by atoms with van der Waals surface area (Å²) in [4.78, 5) is 4.71. The molecule has 4 rings (SSSR count). The number of rotatable bonds is 4. The molecule has 0 unspecified atom stereocenters. The van der Waals surface area contributed by atoms with Gasteiger partial charge in [-0.3, -0.25) is 0 Å². The van der Waals surface area contributed by atoms with E-state index in [1.54, 1.807) is 0 Å². The minimum Gasteiger partial charge on any atom is -0.332 e. The Labute approximate surface area is 167 Å². The second-order valence-electron chi connectivity index (χ2n) is 6.09. The summed E-state index contributed by atoms with van der Waals surface area (Å²) in [7, 11) is 0. The van der Waals surface area contributed by atoms with Crippen molar-refractivity contribution in [2.45, 2.75) is 6.54 Å². The number of aromatic nitrogens is 2. The number of fused-ring (bicyclic) bond motifs is 1. The van der Waals surface area contributed by atoms with E-state index < -0.39 is 0 Å². The molecule has 0 amide bonds. The van der Waals surface area contributed by atoms with E-state index in [2.05, 4.69) is 33.4 Å². The van der Waals surface area contributed by atoms with Gasteiger partial charge in [-0.25, -0.2) is 4.98 Å². The molecule has 0 radical (unpaired) electrons. The van der Waals surface area contributed by atoms with Gasteiger partial charge >= 0.3 is 0 Å². The maximum absolute atomic E-state index is 6.04. The van der Waals surface area contributed by atoms with Crippen LogP contribution in [0.5, 0.6) is 0 Å². The first-order valence-corrected chi connectivity index (χ1v) is 9.30. The quantitative estimate of drug-likeness (QED) is 0.447. The highest BCUT2D eigenvalue weighted by Gasteiger charge is 2.12. The Balaban J connectivity index is 1.62. The number of anilines is 2. The van der Waals surface area contributed by atoms with E-state index in [0.717, 1.165) is 16.7 Å². The van der Waals surface area contributed by atoms with Gasteiger partial charge in [-0.15, -0.1) is 0 Å². The maximum atomic E-state index is 6.04. The smallest absolute Gasteiger partial charge is 0.210 e. The van der Waals surface area contributed by atoms with E-state index in [1.165, 1.54) is 5.56 Å². The number of hydrogen-bond acceptors (Lipinski definition) is 2. The molecule has 0 bridgehead atoms. The lowest BCUT2D eigenvalue weighted by atomic mass is 10.2. The summed E-state index contributed by atoms with van der Waals surface area (Å²) in [6.45, 7) is 0.698. The molecule has 6 heteroatoms. The molecule has 4 aromatic rings. The lowest BCUT2D eigenvalue weighted by Gasteiger charge is -2.13. The van der Waals surface area contributed by atoms with Crippen LogP contribution < -0.4 is 10.6 Å². The standard InChI is InChI=1S/C21H17ClN4S/c22-16-9-6-10-17(13-16)23-21(27)25-20-24-18-11-4-5-12-19(18)26(20)14-15-7-2-1-3-8-15/h1-13H,14H2,(H2,23,24,25,27). The molecule has 0 aliphatic rings. The number of imidazole rings is 1. The fourth-order valence-corrected chi connectivity index (χ4v) is 3.33. The third-order valence-electron chi connectivity index (χ3n) is 4.15. The Morgan fingerprint density at radius 2 is 1.70 bits per heavy atom. The molecule has 0 aliphatic carbocycles. The van der Waals surface area contributed by atoms with E-state index in [4.69, 9.17) is 28.8 Å². The summed E-state index contributed by atoms with van der Waals surface area (Å²) in [5, 5.41) is 7.48. The van der Waals surface area contributed by atoms with Gasteiger partial charge in [-0.05, 0) is 48.1 Å². The second-order valence-corrected chi connectivity index (χ2v) is 6.93. The monoisotopic (exact) mass is 392 g/mol. The average molecular weight is 393 g/mol. The van der Waals surface area contributed by atoms with Gasteiger partial charge in [0, 0.05) is 10.7 Å². The Bertz CT molecular complexity index is 1090. The first kappa shape index (κ1) is 17.5. The zero-order chi connectivity index (χ0) is 18.6. The van der Waals surface area contributed by atoms with Crippen LogP contribution in [0.3, 0.4) is 0 Å². The summed E-state index contributed by atoms with van der Waals surface area (Å²) in [5.74, 6) is 0.694. The van der Waals surface area contributed by atoms with E-state index >= 15 is 0 Å². The number of benzene rings is 3. The molecule has 0 fully saturated rings. The third-order valence-corrected chi connectivity index (χ3v) is 4.59. The average Bonchev–Trinajstić information content (AvgIpc) is 3.00. The molecule has 0 spiro atoms. The molecule has 2 N–H and O–H groups in total. The molecule has 1 heterocycles. The van der Waals surface area contributed by atoms with Crippen molar-refractivity contribution >= 4 is 51.6 Å². The molecular weight excluding hydrogens is 376 g/mol. The van der Waals surface area contributed by atoms with Gasteiger partial charge in [0.1, 0.15) is 0 Å². The van der Waals surface area contributed by atoms with E-state index in [0.29, 0.717) is 22.6 Å². The van der Waals surface area contributed by atoms with E-state index in [-0.39, 0.29) is 0 Å². The Morgan fingerprint density at radius 3 is 2.52 bits per heavy atom. The van der Waals surface area contributed by atoms with Crippen LogP contribution in [0.2, 0.25) is 5.02 Å². The Kier molecular flexibility index (Phi) is 5.05. The number of para-hydroxylation sites is 2. The lowest BCUT2D eigenvalue weighted by molar-refractivity contribution is 0.837.